The van der Waals surface area contributed by atoms with Crippen LogP contribution in [0, 0.1) is 5.82 Å². The van der Waals surface area contributed by atoms with Gasteiger partial charge in [-0.25, -0.2) is 4.39 Å². The molecule has 2 unspecified atom stereocenters. The van der Waals surface area contributed by atoms with E-state index in [1.54, 1.807) is 12.1 Å². The summed E-state index contributed by atoms with van der Waals surface area (Å²) >= 11 is 0. The SMILES string of the molecule is CCNC(C)c1ccc(OC(C)CC)c(F)c1. The molecule has 0 aliphatic carbocycles. The molecule has 2 atom stereocenters. The Morgan fingerprint density at radius 1 is 1.29 bits per heavy atom. The van der Waals surface area contributed by atoms with E-state index < -0.39 is 0 Å². The summed E-state index contributed by atoms with van der Waals surface area (Å²) in [5.74, 6) is 0.0550. The number of hydrogen-bond acceptors (Lipinski definition) is 2. The maximum atomic E-state index is 13.8. The monoisotopic (exact) mass is 239 g/mol. The third-order valence-corrected chi connectivity index (χ3v) is 2.87. The normalized spacial score (nSPS) is 14.4. The van der Waals surface area contributed by atoms with Gasteiger partial charge in [0, 0.05) is 6.04 Å². The molecule has 1 N–H and O–H groups in total. The number of nitrogens with one attached hydrogen (secondary N) is 1. The number of rotatable bonds is 6. The van der Waals surface area contributed by atoms with E-state index >= 15 is 0 Å². The Morgan fingerprint density at radius 2 is 2.00 bits per heavy atom. The molecule has 0 aromatic heterocycles. The van der Waals surface area contributed by atoms with Crippen molar-refractivity contribution in [2.75, 3.05) is 6.54 Å². The van der Waals surface area contributed by atoms with Crippen molar-refractivity contribution in [3.05, 3.63) is 29.6 Å². The lowest BCUT2D eigenvalue weighted by atomic mass is 10.1. The molecule has 17 heavy (non-hydrogen) atoms. The Morgan fingerprint density at radius 3 is 2.53 bits per heavy atom. The van der Waals surface area contributed by atoms with Crippen LogP contribution in [0.3, 0.4) is 0 Å². The van der Waals surface area contributed by atoms with Crippen LogP contribution in [0.1, 0.15) is 45.7 Å². The molecule has 2 nitrogen and oxygen atoms in total. The van der Waals surface area contributed by atoms with Crippen LogP contribution in [0.15, 0.2) is 18.2 Å². The van der Waals surface area contributed by atoms with Crippen LogP contribution in [0.5, 0.6) is 5.75 Å². The van der Waals surface area contributed by atoms with Crippen LogP contribution < -0.4 is 10.1 Å². The Labute approximate surface area is 103 Å². The van der Waals surface area contributed by atoms with Crippen molar-refractivity contribution in [1.82, 2.24) is 5.32 Å². The fraction of sp³-hybridized carbons (Fsp3) is 0.571. The van der Waals surface area contributed by atoms with Crippen molar-refractivity contribution < 1.29 is 9.13 Å². The second-order valence-electron chi connectivity index (χ2n) is 4.31. The first-order valence-corrected chi connectivity index (χ1v) is 6.27. The summed E-state index contributed by atoms with van der Waals surface area (Å²) in [6.07, 6.45) is 0.913. The summed E-state index contributed by atoms with van der Waals surface area (Å²) in [7, 11) is 0. The summed E-state index contributed by atoms with van der Waals surface area (Å²) in [6, 6.07) is 5.33. The van der Waals surface area contributed by atoms with Crippen LogP contribution in [-0.4, -0.2) is 12.6 Å². The van der Waals surface area contributed by atoms with Gasteiger partial charge in [-0.2, -0.15) is 0 Å². The molecule has 0 saturated carbocycles. The summed E-state index contributed by atoms with van der Waals surface area (Å²) in [6.45, 7) is 8.88. The Kier molecular flexibility index (Phi) is 5.42. The lowest BCUT2D eigenvalue weighted by Crippen LogP contribution is -2.18. The van der Waals surface area contributed by atoms with Crippen LogP contribution in [0.4, 0.5) is 4.39 Å². The van der Waals surface area contributed by atoms with Gasteiger partial charge in [-0.3, -0.25) is 0 Å². The van der Waals surface area contributed by atoms with E-state index in [9.17, 15) is 4.39 Å². The molecule has 0 fully saturated rings. The second-order valence-corrected chi connectivity index (χ2v) is 4.31. The summed E-state index contributed by atoms with van der Waals surface area (Å²) in [4.78, 5) is 0. The van der Waals surface area contributed by atoms with Gasteiger partial charge in [0.05, 0.1) is 6.10 Å². The van der Waals surface area contributed by atoms with Gasteiger partial charge in [0.2, 0.25) is 0 Å². The predicted octanol–water partition coefficient (Wildman–Crippen LogP) is 3.67. The molecule has 0 saturated heterocycles. The highest BCUT2D eigenvalue weighted by Gasteiger charge is 2.10. The number of hydrogen-bond donors (Lipinski definition) is 1. The Hall–Kier alpha value is -1.09. The summed E-state index contributed by atoms with van der Waals surface area (Å²) < 4.78 is 19.3. The molecule has 0 radical (unpaired) electrons. The zero-order valence-corrected chi connectivity index (χ0v) is 11.1. The topological polar surface area (TPSA) is 21.3 Å². The number of ether oxygens (including phenoxy) is 1. The van der Waals surface area contributed by atoms with Crippen molar-refractivity contribution >= 4 is 0 Å². The quantitative estimate of drug-likeness (QED) is 0.817. The van der Waals surface area contributed by atoms with Crippen LogP contribution in [0.25, 0.3) is 0 Å². The van der Waals surface area contributed by atoms with Crippen LogP contribution >= 0.6 is 0 Å². The van der Waals surface area contributed by atoms with Crippen LogP contribution in [-0.2, 0) is 0 Å². The third-order valence-electron chi connectivity index (χ3n) is 2.87. The number of halogens is 1. The first kappa shape index (κ1) is 14.0. The molecule has 3 heteroatoms. The minimum absolute atomic E-state index is 0.0431. The predicted molar refractivity (Wildman–Crippen MR) is 68.9 cm³/mol. The average Bonchev–Trinajstić information content (AvgIpc) is 2.31. The highest BCUT2D eigenvalue weighted by molar-refractivity contribution is 5.31. The molecular weight excluding hydrogens is 217 g/mol. The molecule has 1 rings (SSSR count). The second kappa shape index (κ2) is 6.60. The van der Waals surface area contributed by atoms with E-state index in [1.807, 2.05) is 33.8 Å². The first-order valence-electron chi connectivity index (χ1n) is 6.27. The molecule has 0 bridgehead atoms. The average molecular weight is 239 g/mol. The molecule has 1 aromatic carbocycles. The van der Waals surface area contributed by atoms with E-state index in [-0.39, 0.29) is 18.0 Å². The van der Waals surface area contributed by atoms with Gasteiger partial charge < -0.3 is 10.1 Å². The Balaban J connectivity index is 2.78. The fourth-order valence-electron chi connectivity index (χ4n) is 1.61. The Bertz CT molecular complexity index is 354. The van der Waals surface area contributed by atoms with Crippen LogP contribution in [0.2, 0.25) is 0 Å². The van der Waals surface area contributed by atoms with E-state index in [0.717, 1.165) is 18.5 Å². The largest absolute Gasteiger partial charge is 0.488 e. The fourth-order valence-corrected chi connectivity index (χ4v) is 1.61. The molecule has 0 amide bonds. The van der Waals surface area contributed by atoms with Gasteiger partial charge in [0.25, 0.3) is 0 Å². The first-order chi connectivity index (χ1) is 8.08. The van der Waals surface area contributed by atoms with Gasteiger partial charge in [-0.05, 0) is 44.5 Å². The van der Waals surface area contributed by atoms with Crippen molar-refractivity contribution in [3.8, 4) is 5.75 Å². The van der Waals surface area contributed by atoms with E-state index in [0.29, 0.717) is 5.75 Å². The van der Waals surface area contributed by atoms with Crippen molar-refractivity contribution in [2.24, 2.45) is 0 Å². The zero-order chi connectivity index (χ0) is 12.8. The van der Waals surface area contributed by atoms with Crippen molar-refractivity contribution in [3.63, 3.8) is 0 Å². The minimum atomic E-state index is -0.285. The van der Waals surface area contributed by atoms with Gasteiger partial charge in [0.1, 0.15) is 0 Å². The van der Waals surface area contributed by atoms with E-state index in [1.165, 1.54) is 0 Å². The summed E-state index contributed by atoms with van der Waals surface area (Å²) in [5.41, 5.74) is 0.945. The zero-order valence-electron chi connectivity index (χ0n) is 11.1. The minimum Gasteiger partial charge on any atom is -0.488 e. The van der Waals surface area contributed by atoms with Gasteiger partial charge in [0.15, 0.2) is 11.6 Å². The molecule has 0 spiro atoms. The maximum absolute atomic E-state index is 13.8. The van der Waals surface area contributed by atoms with Gasteiger partial charge in [-0.1, -0.05) is 19.9 Å². The third kappa shape index (κ3) is 4.00. The molecule has 1 aromatic rings. The molecule has 0 aliphatic heterocycles. The molecule has 0 aliphatic rings. The highest BCUT2D eigenvalue weighted by Crippen LogP contribution is 2.23. The summed E-state index contributed by atoms with van der Waals surface area (Å²) in [5, 5.41) is 3.25. The van der Waals surface area contributed by atoms with E-state index in [2.05, 4.69) is 5.32 Å². The van der Waals surface area contributed by atoms with Crippen molar-refractivity contribution in [2.45, 2.75) is 46.3 Å². The number of benzene rings is 1. The molecular formula is C14H22FNO. The van der Waals surface area contributed by atoms with E-state index in [4.69, 9.17) is 4.74 Å². The van der Waals surface area contributed by atoms with Crippen molar-refractivity contribution in [1.29, 1.82) is 0 Å². The maximum Gasteiger partial charge on any atom is 0.165 e. The molecule has 96 valence electrons. The standard InChI is InChI=1S/C14H22FNO/c1-5-10(3)17-14-8-7-12(9-13(14)15)11(4)16-6-2/h7-11,16H,5-6H2,1-4H3. The highest BCUT2D eigenvalue weighted by atomic mass is 19.1. The van der Waals surface area contributed by atoms with Gasteiger partial charge >= 0.3 is 0 Å². The molecule has 0 heterocycles. The lowest BCUT2D eigenvalue weighted by molar-refractivity contribution is 0.207. The smallest absolute Gasteiger partial charge is 0.165 e. The van der Waals surface area contributed by atoms with Gasteiger partial charge in [-0.15, -0.1) is 0 Å². The lowest BCUT2D eigenvalue weighted by Gasteiger charge is -2.16.